The molecule has 0 aromatic heterocycles. The minimum absolute atomic E-state index is 0. The molecule has 0 rings (SSSR count). The van der Waals surface area contributed by atoms with Gasteiger partial charge in [0.2, 0.25) is 0 Å². The van der Waals surface area contributed by atoms with Crippen LogP contribution in [-0.2, 0) is 21.7 Å². The zero-order valence-electron chi connectivity index (χ0n) is 5.22. The van der Waals surface area contributed by atoms with Crippen molar-refractivity contribution in [2.75, 3.05) is 21.3 Å². The Balaban J connectivity index is -0.00000000500. The molecule has 0 spiro atoms. The third-order valence-electron chi connectivity index (χ3n) is 0. The summed E-state index contributed by atoms with van der Waals surface area (Å²) in [6.45, 7) is 0. The molecule has 0 amide bonds. The normalized spacial score (nSPS) is 2.25. The third kappa shape index (κ3) is 305. The van der Waals surface area contributed by atoms with Crippen molar-refractivity contribution in [3.8, 4) is 0 Å². The summed E-state index contributed by atoms with van der Waals surface area (Å²) < 4.78 is 0. The van der Waals surface area contributed by atoms with Gasteiger partial charge in [-0.1, -0.05) is 0 Å². The van der Waals surface area contributed by atoms with Gasteiger partial charge in [0.1, 0.15) is 0 Å². The SMILES string of the molecule is CO.CO.CO.[Cl-].[Ti]. The molecule has 0 heterocycles. The van der Waals surface area contributed by atoms with Crippen LogP contribution in [0.5, 0.6) is 0 Å². The van der Waals surface area contributed by atoms with Crippen molar-refractivity contribution < 1.29 is 49.4 Å². The van der Waals surface area contributed by atoms with Crippen LogP contribution in [0.15, 0.2) is 0 Å². The molecule has 8 heavy (non-hydrogen) atoms. The van der Waals surface area contributed by atoms with Crippen LogP contribution in [0, 0.1) is 0 Å². The van der Waals surface area contributed by atoms with E-state index in [2.05, 4.69) is 0 Å². The maximum absolute atomic E-state index is 7.00. The Bertz CT molecular complexity index is 14.5. The van der Waals surface area contributed by atoms with E-state index in [1.807, 2.05) is 0 Å². The van der Waals surface area contributed by atoms with Gasteiger partial charge in [-0.25, -0.2) is 0 Å². The fraction of sp³-hybridized carbons (Fsp3) is 1.00. The molecule has 0 fully saturated rings. The smallest absolute Gasteiger partial charge is 0.0319 e. The van der Waals surface area contributed by atoms with Crippen LogP contribution in [0.4, 0.5) is 0 Å². The summed E-state index contributed by atoms with van der Waals surface area (Å²) in [4.78, 5) is 0. The molecule has 3 nitrogen and oxygen atoms in total. The first kappa shape index (κ1) is 36.6. The molecule has 0 aliphatic rings. The van der Waals surface area contributed by atoms with Gasteiger partial charge < -0.3 is 27.7 Å². The van der Waals surface area contributed by atoms with Crippen LogP contribution in [0.3, 0.4) is 0 Å². The molecule has 0 aromatic carbocycles. The third-order valence-corrected chi connectivity index (χ3v) is 0. The van der Waals surface area contributed by atoms with E-state index in [9.17, 15) is 0 Å². The van der Waals surface area contributed by atoms with Crippen LogP contribution in [-0.4, -0.2) is 36.6 Å². The summed E-state index contributed by atoms with van der Waals surface area (Å²) in [6, 6.07) is 0. The average molecular weight is 179 g/mol. The quantitative estimate of drug-likeness (QED) is 0.331. The Morgan fingerprint density at radius 2 is 0.625 bits per heavy atom. The number of hydrogen-bond donors (Lipinski definition) is 3. The van der Waals surface area contributed by atoms with Gasteiger partial charge >= 0.3 is 0 Å². The summed E-state index contributed by atoms with van der Waals surface area (Å²) in [7, 11) is 3.00. The Morgan fingerprint density at radius 3 is 0.625 bits per heavy atom. The molecule has 0 aromatic rings. The van der Waals surface area contributed by atoms with Crippen molar-refractivity contribution in [2.24, 2.45) is 0 Å². The summed E-state index contributed by atoms with van der Waals surface area (Å²) in [5.74, 6) is 0. The van der Waals surface area contributed by atoms with E-state index in [1.54, 1.807) is 0 Å². The second-order valence-electron chi connectivity index (χ2n) is 0. The fourth-order valence-electron chi connectivity index (χ4n) is 0. The summed E-state index contributed by atoms with van der Waals surface area (Å²) in [5, 5.41) is 21.0. The molecule has 54 valence electrons. The second-order valence-corrected chi connectivity index (χ2v) is 0. The molecule has 0 aliphatic heterocycles. The average Bonchev–Trinajstić information content (AvgIpc) is 1.81. The van der Waals surface area contributed by atoms with Crippen molar-refractivity contribution in [3.63, 3.8) is 0 Å². The Morgan fingerprint density at radius 1 is 0.625 bits per heavy atom. The van der Waals surface area contributed by atoms with Crippen LogP contribution in [0.25, 0.3) is 0 Å². The van der Waals surface area contributed by atoms with E-state index in [0.29, 0.717) is 0 Å². The molecular formula is C3H12ClO3Ti-. The zero-order chi connectivity index (χ0) is 6.00. The topological polar surface area (TPSA) is 60.7 Å². The number of hydrogen-bond acceptors (Lipinski definition) is 3. The maximum atomic E-state index is 7.00. The molecule has 5 heteroatoms. The molecule has 0 bridgehead atoms. The zero-order valence-corrected chi connectivity index (χ0v) is 7.54. The number of rotatable bonds is 0. The van der Waals surface area contributed by atoms with E-state index in [0.717, 1.165) is 21.3 Å². The van der Waals surface area contributed by atoms with Gasteiger partial charge in [0, 0.05) is 43.0 Å². The van der Waals surface area contributed by atoms with Crippen LogP contribution < -0.4 is 12.4 Å². The number of halogens is 1. The Labute approximate surface area is 71.0 Å². The monoisotopic (exact) mass is 179 g/mol. The number of aliphatic hydroxyl groups is 3. The minimum Gasteiger partial charge on any atom is -1.00 e. The Kier molecular flexibility index (Phi) is 2190. The molecule has 0 saturated heterocycles. The van der Waals surface area contributed by atoms with E-state index in [4.69, 9.17) is 15.3 Å². The summed E-state index contributed by atoms with van der Waals surface area (Å²) in [5.41, 5.74) is 0. The van der Waals surface area contributed by atoms with Crippen molar-refractivity contribution >= 4 is 0 Å². The first-order valence-electron chi connectivity index (χ1n) is 1.34. The second kappa shape index (κ2) is 478. The van der Waals surface area contributed by atoms with Gasteiger partial charge in [-0.05, 0) is 0 Å². The molecule has 0 aliphatic carbocycles. The molecular weight excluding hydrogens is 167 g/mol. The van der Waals surface area contributed by atoms with Gasteiger partial charge in [-0.2, -0.15) is 0 Å². The molecule has 0 atom stereocenters. The standard InChI is InChI=1S/3CH4O.ClH.Ti/c3*1-2;;/h3*2H,1H3;1H;/p-1. The van der Waals surface area contributed by atoms with Crippen molar-refractivity contribution in [1.29, 1.82) is 0 Å². The van der Waals surface area contributed by atoms with Crippen LogP contribution in [0.2, 0.25) is 0 Å². The van der Waals surface area contributed by atoms with Crippen molar-refractivity contribution in [3.05, 3.63) is 0 Å². The van der Waals surface area contributed by atoms with Crippen molar-refractivity contribution in [1.82, 2.24) is 0 Å². The first-order valence-corrected chi connectivity index (χ1v) is 1.34. The van der Waals surface area contributed by atoms with E-state index < -0.39 is 0 Å². The summed E-state index contributed by atoms with van der Waals surface area (Å²) in [6.07, 6.45) is 0. The fourth-order valence-corrected chi connectivity index (χ4v) is 0. The van der Waals surface area contributed by atoms with Gasteiger partial charge in [-0.15, -0.1) is 0 Å². The van der Waals surface area contributed by atoms with Crippen LogP contribution in [0.1, 0.15) is 0 Å². The molecule has 0 unspecified atom stereocenters. The van der Waals surface area contributed by atoms with Gasteiger partial charge in [0.05, 0.1) is 0 Å². The van der Waals surface area contributed by atoms with Crippen LogP contribution >= 0.6 is 0 Å². The summed E-state index contributed by atoms with van der Waals surface area (Å²) >= 11 is 0. The maximum Gasteiger partial charge on any atom is 0.0319 e. The van der Waals surface area contributed by atoms with Gasteiger partial charge in [0.15, 0.2) is 0 Å². The Hall–Kier alpha value is 0.884. The largest absolute Gasteiger partial charge is 1.00 e. The molecule has 3 N–H and O–H groups in total. The van der Waals surface area contributed by atoms with E-state index in [-0.39, 0.29) is 34.1 Å². The van der Waals surface area contributed by atoms with Gasteiger partial charge in [0.25, 0.3) is 0 Å². The van der Waals surface area contributed by atoms with E-state index >= 15 is 0 Å². The van der Waals surface area contributed by atoms with E-state index in [1.165, 1.54) is 0 Å². The van der Waals surface area contributed by atoms with Crippen molar-refractivity contribution in [2.45, 2.75) is 0 Å². The van der Waals surface area contributed by atoms with Gasteiger partial charge in [-0.3, -0.25) is 0 Å². The first-order chi connectivity index (χ1) is 3.00. The molecule has 0 radical (unpaired) electrons. The molecule has 0 saturated carbocycles. The predicted molar refractivity (Wildman–Crippen MR) is 24.4 cm³/mol. The predicted octanol–water partition coefficient (Wildman–Crippen LogP) is -4.17. The minimum atomic E-state index is 0. The number of aliphatic hydroxyl groups excluding tert-OH is 3.